The molecule has 1 N–H and O–H groups in total. The van der Waals surface area contributed by atoms with Crippen LogP contribution in [0.3, 0.4) is 0 Å². The maximum absolute atomic E-state index is 13.3. The van der Waals surface area contributed by atoms with Gasteiger partial charge in [0.1, 0.15) is 11.9 Å². The van der Waals surface area contributed by atoms with Gasteiger partial charge in [0, 0.05) is 33.1 Å². The first kappa shape index (κ1) is 27.5. The third kappa shape index (κ3) is 7.92. The second-order valence-electron chi connectivity index (χ2n) is 8.71. The summed E-state index contributed by atoms with van der Waals surface area (Å²) < 4.78 is 39.9. The fourth-order valence-corrected chi connectivity index (χ4v) is 4.54. The number of amides is 2. The van der Waals surface area contributed by atoms with Crippen molar-refractivity contribution in [2.75, 3.05) is 20.1 Å². The third-order valence-corrected chi connectivity index (χ3v) is 7.30. The normalized spacial score (nSPS) is 12.6. The summed E-state index contributed by atoms with van der Waals surface area (Å²) in [7, 11) is -2.17. The molecule has 0 saturated carbocycles. The topological polar surface area (TPSA) is 86.8 Å². The first-order valence-electron chi connectivity index (χ1n) is 11.4. The molecule has 0 unspecified atom stereocenters. The van der Waals surface area contributed by atoms with Crippen LogP contribution in [0.2, 0.25) is 0 Å². The molecule has 0 aliphatic rings. The van der Waals surface area contributed by atoms with Crippen molar-refractivity contribution in [1.82, 2.24) is 14.5 Å². The largest absolute Gasteiger partial charge is 0.354 e. The van der Waals surface area contributed by atoms with Gasteiger partial charge in [0.25, 0.3) is 0 Å². The molecular formula is C25H34FN3O4S. The van der Waals surface area contributed by atoms with Crippen molar-refractivity contribution >= 4 is 21.8 Å². The van der Waals surface area contributed by atoms with Gasteiger partial charge in [-0.15, -0.1) is 0 Å². The molecule has 9 heteroatoms. The minimum Gasteiger partial charge on any atom is -0.354 e. The molecule has 34 heavy (non-hydrogen) atoms. The Morgan fingerprint density at radius 3 is 2.21 bits per heavy atom. The Morgan fingerprint density at radius 2 is 1.62 bits per heavy atom. The molecule has 2 rings (SSSR count). The van der Waals surface area contributed by atoms with Gasteiger partial charge < -0.3 is 10.2 Å². The van der Waals surface area contributed by atoms with Gasteiger partial charge in [0.05, 0.1) is 4.90 Å². The van der Waals surface area contributed by atoms with E-state index in [0.717, 1.165) is 0 Å². The molecule has 1 atom stereocenters. The van der Waals surface area contributed by atoms with Crippen LogP contribution in [0.25, 0.3) is 0 Å². The summed E-state index contributed by atoms with van der Waals surface area (Å²) in [5.41, 5.74) is 0.696. The Bertz CT molecular complexity index is 1040. The van der Waals surface area contributed by atoms with E-state index in [1.54, 1.807) is 37.3 Å². The van der Waals surface area contributed by atoms with Crippen LogP contribution in [0.4, 0.5) is 4.39 Å². The lowest BCUT2D eigenvalue weighted by molar-refractivity contribution is -0.140. The quantitative estimate of drug-likeness (QED) is 0.493. The molecule has 186 valence electrons. The van der Waals surface area contributed by atoms with Crippen LogP contribution < -0.4 is 5.32 Å². The summed E-state index contributed by atoms with van der Waals surface area (Å²) in [5.74, 6) is -0.665. The average molecular weight is 492 g/mol. The first-order chi connectivity index (χ1) is 16.0. The SMILES string of the molecule is CC(C)CNC(=O)[C@H](C)N(Cc1ccc(F)cc1)C(=O)CCCN(C)S(=O)(=O)c1ccccc1. The van der Waals surface area contributed by atoms with Gasteiger partial charge in [-0.1, -0.05) is 44.2 Å². The van der Waals surface area contributed by atoms with Crippen LogP contribution in [0.15, 0.2) is 59.5 Å². The minimum absolute atomic E-state index is 0.0671. The number of hydrogen-bond acceptors (Lipinski definition) is 4. The van der Waals surface area contributed by atoms with Crippen LogP contribution in [0.1, 0.15) is 39.2 Å². The maximum Gasteiger partial charge on any atom is 0.242 e. The summed E-state index contributed by atoms with van der Waals surface area (Å²) in [6.07, 6.45) is 0.360. The van der Waals surface area contributed by atoms with Crippen LogP contribution in [0, 0.1) is 11.7 Å². The molecule has 0 spiro atoms. The molecule has 7 nitrogen and oxygen atoms in total. The van der Waals surface area contributed by atoms with E-state index in [1.165, 1.54) is 40.5 Å². The zero-order valence-corrected chi connectivity index (χ0v) is 21.0. The fraction of sp³-hybridized carbons (Fsp3) is 0.440. The summed E-state index contributed by atoms with van der Waals surface area (Å²) in [6.45, 7) is 6.40. The van der Waals surface area contributed by atoms with Gasteiger partial charge in [0.2, 0.25) is 21.8 Å². The Morgan fingerprint density at radius 1 is 1.00 bits per heavy atom. The molecule has 0 aromatic heterocycles. The van der Waals surface area contributed by atoms with Crippen molar-refractivity contribution in [3.63, 3.8) is 0 Å². The third-order valence-electron chi connectivity index (χ3n) is 5.43. The molecule has 0 heterocycles. The Labute approximate surface area is 202 Å². The van der Waals surface area contributed by atoms with Gasteiger partial charge in [-0.3, -0.25) is 9.59 Å². The van der Waals surface area contributed by atoms with Crippen molar-refractivity contribution in [2.24, 2.45) is 5.92 Å². The number of hydrogen-bond donors (Lipinski definition) is 1. The zero-order valence-electron chi connectivity index (χ0n) is 20.2. The lowest BCUT2D eigenvalue weighted by atomic mass is 10.1. The van der Waals surface area contributed by atoms with Crippen LogP contribution >= 0.6 is 0 Å². The second-order valence-corrected chi connectivity index (χ2v) is 10.8. The van der Waals surface area contributed by atoms with Crippen molar-refractivity contribution < 1.29 is 22.4 Å². The summed E-state index contributed by atoms with van der Waals surface area (Å²) >= 11 is 0. The summed E-state index contributed by atoms with van der Waals surface area (Å²) in [5, 5.41) is 2.84. The number of carbonyl (C=O) groups excluding carboxylic acids is 2. The molecule has 2 aromatic carbocycles. The van der Waals surface area contributed by atoms with E-state index in [1.807, 2.05) is 13.8 Å². The molecule has 2 aromatic rings. The van der Waals surface area contributed by atoms with E-state index in [0.29, 0.717) is 18.5 Å². The van der Waals surface area contributed by atoms with E-state index >= 15 is 0 Å². The molecule has 0 aliphatic heterocycles. The van der Waals surface area contributed by atoms with Crippen LogP contribution in [0.5, 0.6) is 0 Å². The smallest absolute Gasteiger partial charge is 0.242 e. The van der Waals surface area contributed by atoms with E-state index in [-0.39, 0.29) is 48.0 Å². The molecular weight excluding hydrogens is 457 g/mol. The molecule has 0 saturated heterocycles. The highest BCUT2D eigenvalue weighted by Gasteiger charge is 2.27. The summed E-state index contributed by atoms with van der Waals surface area (Å²) in [4.78, 5) is 27.4. The monoisotopic (exact) mass is 491 g/mol. The average Bonchev–Trinajstić information content (AvgIpc) is 2.82. The Balaban J connectivity index is 2.06. The van der Waals surface area contributed by atoms with Gasteiger partial charge in [0.15, 0.2) is 0 Å². The maximum atomic E-state index is 13.3. The van der Waals surface area contributed by atoms with Crippen molar-refractivity contribution in [3.8, 4) is 0 Å². The lowest BCUT2D eigenvalue weighted by Gasteiger charge is -2.29. The first-order valence-corrected chi connectivity index (χ1v) is 12.8. The standard InChI is InChI=1S/C25H34FN3O4S/c1-19(2)17-27-25(31)20(3)29(18-21-12-14-22(26)15-13-21)24(30)11-8-16-28(4)34(32,33)23-9-6-5-7-10-23/h5-7,9-10,12-15,19-20H,8,11,16-18H2,1-4H3,(H,27,31)/t20-/m0/s1. The number of halogens is 1. The molecule has 0 bridgehead atoms. The van der Waals surface area contributed by atoms with Crippen molar-refractivity contribution in [3.05, 3.63) is 66.0 Å². The molecule has 2 amide bonds. The van der Waals surface area contributed by atoms with Gasteiger partial charge in [-0.25, -0.2) is 17.1 Å². The van der Waals surface area contributed by atoms with Crippen LogP contribution in [-0.2, 0) is 26.2 Å². The summed E-state index contributed by atoms with van der Waals surface area (Å²) in [6, 6.07) is 13.1. The number of nitrogens with zero attached hydrogens (tertiary/aromatic N) is 2. The number of rotatable bonds is 12. The zero-order chi connectivity index (χ0) is 25.3. The van der Waals surface area contributed by atoms with Crippen molar-refractivity contribution in [2.45, 2.75) is 51.1 Å². The number of sulfonamides is 1. The molecule has 0 aliphatic carbocycles. The minimum atomic E-state index is -3.65. The predicted molar refractivity (Wildman–Crippen MR) is 130 cm³/mol. The number of carbonyl (C=O) groups is 2. The Kier molecular flexibility index (Phi) is 10.2. The highest BCUT2D eigenvalue weighted by atomic mass is 32.2. The molecule has 0 radical (unpaired) electrons. The highest BCUT2D eigenvalue weighted by Crippen LogP contribution is 2.16. The van der Waals surface area contributed by atoms with Gasteiger partial charge in [-0.2, -0.15) is 0 Å². The second kappa shape index (κ2) is 12.6. The lowest BCUT2D eigenvalue weighted by Crippen LogP contribution is -2.48. The predicted octanol–water partition coefficient (Wildman–Crippen LogP) is 3.42. The van der Waals surface area contributed by atoms with E-state index in [2.05, 4.69) is 5.32 Å². The van der Waals surface area contributed by atoms with E-state index in [4.69, 9.17) is 0 Å². The van der Waals surface area contributed by atoms with E-state index < -0.39 is 16.1 Å². The van der Waals surface area contributed by atoms with Gasteiger partial charge >= 0.3 is 0 Å². The van der Waals surface area contributed by atoms with Gasteiger partial charge in [-0.05, 0) is 49.1 Å². The Hall–Kier alpha value is -2.78. The van der Waals surface area contributed by atoms with E-state index in [9.17, 15) is 22.4 Å². The highest BCUT2D eigenvalue weighted by molar-refractivity contribution is 7.89. The van der Waals surface area contributed by atoms with Crippen LogP contribution in [-0.4, -0.2) is 55.6 Å². The number of nitrogens with one attached hydrogen (secondary N) is 1. The number of benzene rings is 2. The molecule has 0 fully saturated rings. The van der Waals surface area contributed by atoms with Crippen molar-refractivity contribution in [1.29, 1.82) is 0 Å². The fourth-order valence-electron chi connectivity index (χ4n) is 3.31.